The number of hydrogen-bond acceptors (Lipinski definition) is 4. The highest BCUT2D eigenvalue weighted by molar-refractivity contribution is 6.36. The fourth-order valence-corrected chi connectivity index (χ4v) is 3.24. The molecule has 1 aliphatic heterocycles. The zero-order chi connectivity index (χ0) is 20.8. The third-order valence-corrected chi connectivity index (χ3v) is 4.71. The molecule has 152 valence electrons. The molecule has 0 fully saturated rings. The monoisotopic (exact) mass is 434 g/mol. The molecule has 2 aromatic carbocycles. The van der Waals surface area contributed by atoms with Gasteiger partial charge in [-0.25, -0.2) is 0 Å². The number of benzene rings is 2. The van der Waals surface area contributed by atoms with E-state index in [4.69, 9.17) is 32.7 Å². The van der Waals surface area contributed by atoms with Crippen LogP contribution in [0.4, 0.5) is 5.69 Å². The summed E-state index contributed by atoms with van der Waals surface area (Å²) in [6.45, 7) is 2.50. The maximum atomic E-state index is 12.6. The summed E-state index contributed by atoms with van der Waals surface area (Å²) in [5, 5.41) is 3.52. The minimum absolute atomic E-state index is 0.0862. The molecule has 0 radical (unpaired) electrons. The molecule has 8 heteroatoms. The lowest BCUT2D eigenvalue weighted by atomic mass is 10.2. The van der Waals surface area contributed by atoms with Gasteiger partial charge >= 0.3 is 0 Å². The zero-order valence-corrected chi connectivity index (χ0v) is 17.3. The quantitative estimate of drug-likeness (QED) is 0.645. The minimum Gasteiger partial charge on any atom is -0.454 e. The number of ether oxygens (including phenoxy) is 2. The van der Waals surface area contributed by atoms with E-state index in [1.807, 2.05) is 13.0 Å². The molecule has 0 aliphatic carbocycles. The highest BCUT2D eigenvalue weighted by Crippen LogP contribution is 2.32. The van der Waals surface area contributed by atoms with E-state index in [2.05, 4.69) is 5.32 Å². The Morgan fingerprint density at radius 2 is 1.93 bits per heavy atom. The Balaban J connectivity index is 1.63. The van der Waals surface area contributed by atoms with Gasteiger partial charge in [0.05, 0.1) is 10.7 Å². The molecule has 1 aliphatic rings. The predicted molar refractivity (Wildman–Crippen MR) is 114 cm³/mol. The summed E-state index contributed by atoms with van der Waals surface area (Å²) in [4.78, 5) is 26.5. The molecule has 0 atom stereocenters. The Labute approximate surface area is 179 Å². The number of nitrogens with zero attached hydrogens (tertiary/aromatic N) is 1. The van der Waals surface area contributed by atoms with E-state index in [0.29, 0.717) is 33.8 Å². The van der Waals surface area contributed by atoms with Crippen LogP contribution in [0, 0.1) is 0 Å². The molecular formula is C21H20Cl2N2O4. The molecule has 2 amide bonds. The average Bonchev–Trinajstić information content (AvgIpc) is 3.16. The van der Waals surface area contributed by atoms with E-state index in [9.17, 15) is 9.59 Å². The highest BCUT2D eigenvalue weighted by Gasteiger charge is 2.16. The number of halogens is 2. The van der Waals surface area contributed by atoms with Crippen LogP contribution in [0.2, 0.25) is 10.0 Å². The Morgan fingerprint density at radius 3 is 2.69 bits per heavy atom. The van der Waals surface area contributed by atoms with Gasteiger partial charge in [-0.15, -0.1) is 0 Å². The second-order valence-corrected chi connectivity index (χ2v) is 7.22. The van der Waals surface area contributed by atoms with Crippen molar-refractivity contribution in [3.05, 3.63) is 58.1 Å². The molecule has 1 heterocycles. The van der Waals surface area contributed by atoms with Crippen LogP contribution in [0.15, 0.2) is 42.5 Å². The van der Waals surface area contributed by atoms with Crippen molar-refractivity contribution in [1.29, 1.82) is 0 Å². The lowest BCUT2D eigenvalue weighted by Gasteiger charge is -2.20. The maximum Gasteiger partial charge on any atom is 0.247 e. The van der Waals surface area contributed by atoms with Crippen molar-refractivity contribution >= 4 is 46.8 Å². The number of fused-ring (bicyclic) bond motifs is 1. The number of nitrogens with one attached hydrogen (secondary N) is 1. The summed E-state index contributed by atoms with van der Waals surface area (Å²) in [6, 6.07) is 10.2. The molecule has 0 aromatic heterocycles. The molecule has 1 N–H and O–H groups in total. The Bertz CT molecular complexity index is 946. The Kier molecular flexibility index (Phi) is 7.01. The molecule has 29 heavy (non-hydrogen) atoms. The lowest BCUT2D eigenvalue weighted by molar-refractivity contribution is -0.130. The summed E-state index contributed by atoms with van der Waals surface area (Å²) in [7, 11) is 0. The summed E-state index contributed by atoms with van der Waals surface area (Å²) < 4.78 is 10.6. The minimum atomic E-state index is -0.340. The van der Waals surface area contributed by atoms with Gasteiger partial charge in [0.25, 0.3) is 0 Å². The third kappa shape index (κ3) is 5.65. The van der Waals surface area contributed by atoms with E-state index < -0.39 is 0 Å². The van der Waals surface area contributed by atoms with Gasteiger partial charge in [-0.2, -0.15) is 0 Å². The van der Waals surface area contributed by atoms with Gasteiger partial charge in [-0.1, -0.05) is 36.2 Å². The zero-order valence-electron chi connectivity index (χ0n) is 15.8. The van der Waals surface area contributed by atoms with E-state index in [-0.39, 0.29) is 25.2 Å². The first-order chi connectivity index (χ1) is 14.0. The van der Waals surface area contributed by atoms with Crippen LogP contribution in [-0.4, -0.2) is 36.6 Å². The molecule has 0 saturated heterocycles. The number of anilines is 1. The van der Waals surface area contributed by atoms with Gasteiger partial charge in [-0.3, -0.25) is 9.59 Å². The van der Waals surface area contributed by atoms with Crippen LogP contribution in [0.3, 0.4) is 0 Å². The number of carbonyl (C=O) groups excluding carboxylic acids is 2. The van der Waals surface area contributed by atoms with Crippen molar-refractivity contribution in [2.45, 2.75) is 13.3 Å². The second-order valence-electron chi connectivity index (χ2n) is 6.38. The predicted octanol–water partition coefficient (Wildman–Crippen LogP) is 4.61. The molecule has 0 bridgehead atoms. The van der Waals surface area contributed by atoms with Crippen molar-refractivity contribution < 1.29 is 19.1 Å². The van der Waals surface area contributed by atoms with Crippen LogP contribution in [-0.2, 0) is 9.59 Å². The van der Waals surface area contributed by atoms with Gasteiger partial charge in [0, 0.05) is 17.6 Å². The first-order valence-electron chi connectivity index (χ1n) is 9.08. The van der Waals surface area contributed by atoms with Crippen molar-refractivity contribution in [2.24, 2.45) is 0 Å². The number of rotatable bonds is 7. The smallest absolute Gasteiger partial charge is 0.247 e. The summed E-state index contributed by atoms with van der Waals surface area (Å²) in [5.41, 5.74) is 1.25. The molecule has 0 unspecified atom stereocenters. The van der Waals surface area contributed by atoms with Crippen LogP contribution in [0.5, 0.6) is 11.5 Å². The summed E-state index contributed by atoms with van der Waals surface area (Å²) >= 11 is 11.9. The standard InChI is InChI=1S/C21H20Cl2N2O4/c1-2-9-25(12-20(26)24-17-6-5-15(22)11-16(17)23)21(27)8-4-14-3-7-18-19(10-14)29-13-28-18/h3-8,10-11H,2,9,12-13H2,1H3,(H,24,26)/b8-4+. The van der Waals surface area contributed by atoms with Crippen LogP contribution in [0.1, 0.15) is 18.9 Å². The average molecular weight is 435 g/mol. The molecule has 2 aromatic rings. The molecule has 3 rings (SSSR count). The highest BCUT2D eigenvalue weighted by atomic mass is 35.5. The number of amides is 2. The van der Waals surface area contributed by atoms with Crippen molar-refractivity contribution in [1.82, 2.24) is 4.90 Å². The fourth-order valence-electron chi connectivity index (χ4n) is 2.78. The number of hydrogen-bond donors (Lipinski definition) is 1. The molecular weight excluding hydrogens is 415 g/mol. The van der Waals surface area contributed by atoms with Crippen molar-refractivity contribution in [3.8, 4) is 11.5 Å². The maximum absolute atomic E-state index is 12.6. The van der Waals surface area contributed by atoms with Crippen LogP contribution in [0.25, 0.3) is 6.08 Å². The van der Waals surface area contributed by atoms with Crippen LogP contribution < -0.4 is 14.8 Å². The molecule has 6 nitrogen and oxygen atoms in total. The van der Waals surface area contributed by atoms with E-state index >= 15 is 0 Å². The van der Waals surface area contributed by atoms with E-state index in [0.717, 1.165) is 12.0 Å². The lowest BCUT2D eigenvalue weighted by Crippen LogP contribution is -2.37. The van der Waals surface area contributed by atoms with Gasteiger partial charge in [0.1, 0.15) is 6.54 Å². The van der Waals surface area contributed by atoms with Crippen LogP contribution >= 0.6 is 23.2 Å². The van der Waals surface area contributed by atoms with Gasteiger partial charge < -0.3 is 19.7 Å². The topological polar surface area (TPSA) is 67.9 Å². The third-order valence-electron chi connectivity index (χ3n) is 4.16. The summed E-state index contributed by atoms with van der Waals surface area (Å²) in [6.07, 6.45) is 3.84. The fraction of sp³-hybridized carbons (Fsp3) is 0.238. The van der Waals surface area contributed by atoms with Gasteiger partial charge in [0.15, 0.2) is 11.5 Å². The van der Waals surface area contributed by atoms with Gasteiger partial charge in [-0.05, 0) is 48.4 Å². The Morgan fingerprint density at radius 1 is 1.14 bits per heavy atom. The second kappa shape index (κ2) is 9.67. The number of carbonyl (C=O) groups is 2. The summed E-state index contributed by atoms with van der Waals surface area (Å²) in [5.74, 6) is 0.720. The normalized spacial score (nSPS) is 12.2. The Hall–Kier alpha value is -2.70. The molecule has 0 spiro atoms. The SMILES string of the molecule is CCCN(CC(=O)Nc1ccc(Cl)cc1Cl)C(=O)/C=C/c1ccc2c(c1)OCO2. The van der Waals surface area contributed by atoms with Crippen molar-refractivity contribution in [3.63, 3.8) is 0 Å². The van der Waals surface area contributed by atoms with E-state index in [1.165, 1.54) is 11.0 Å². The largest absolute Gasteiger partial charge is 0.454 e. The van der Waals surface area contributed by atoms with Crippen molar-refractivity contribution in [2.75, 3.05) is 25.2 Å². The first kappa shape index (κ1) is 21.0. The molecule has 0 saturated carbocycles. The first-order valence-corrected chi connectivity index (χ1v) is 9.83. The van der Waals surface area contributed by atoms with Gasteiger partial charge in [0.2, 0.25) is 18.6 Å². The van der Waals surface area contributed by atoms with E-state index in [1.54, 1.807) is 36.4 Å².